The molecule has 0 heterocycles. The van der Waals surface area contributed by atoms with Crippen LogP contribution in [0.15, 0.2) is 46.9 Å². The molecule has 0 saturated carbocycles. The van der Waals surface area contributed by atoms with Gasteiger partial charge in [0.1, 0.15) is 0 Å². The van der Waals surface area contributed by atoms with Crippen molar-refractivity contribution >= 4 is 33.5 Å². The fourth-order valence-corrected chi connectivity index (χ4v) is 2.63. The van der Waals surface area contributed by atoms with Crippen molar-refractivity contribution in [2.24, 2.45) is 0 Å². The molecule has 0 fully saturated rings. The zero-order chi connectivity index (χ0) is 15.4. The molecule has 2 N–H and O–H groups in total. The second-order valence-electron chi connectivity index (χ2n) is 4.67. The van der Waals surface area contributed by atoms with Gasteiger partial charge >= 0.3 is 5.97 Å². The Morgan fingerprint density at radius 1 is 1.19 bits per heavy atom. The SMILES string of the molecule is Cc1ccc(C(=O)Nc2ccccc2CC(=O)O)c(Br)c1. The molecule has 108 valence electrons. The lowest BCUT2D eigenvalue weighted by atomic mass is 10.1. The first-order chi connectivity index (χ1) is 9.97. The van der Waals surface area contributed by atoms with Crippen molar-refractivity contribution in [3.63, 3.8) is 0 Å². The lowest BCUT2D eigenvalue weighted by molar-refractivity contribution is -0.136. The summed E-state index contributed by atoms with van der Waals surface area (Å²) in [6.45, 7) is 1.94. The average molecular weight is 348 g/mol. The van der Waals surface area contributed by atoms with E-state index >= 15 is 0 Å². The van der Waals surface area contributed by atoms with Crippen LogP contribution in [-0.4, -0.2) is 17.0 Å². The molecule has 5 heteroatoms. The maximum atomic E-state index is 12.3. The zero-order valence-electron chi connectivity index (χ0n) is 11.4. The molecule has 0 spiro atoms. The Kier molecular flexibility index (Phi) is 4.75. The first-order valence-electron chi connectivity index (χ1n) is 6.34. The van der Waals surface area contributed by atoms with Crippen molar-refractivity contribution in [3.8, 4) is 0 Å². The molecule has 0 aromatic heterocycles. The molecule has 0 aliphatic heterocycles. The molecule has 4 nitrogen and oxygen atoms in total. The number of benzene rings is 2. The smallest absolute Gasteiger partial charge is 0.307 e. The highest BCUT2D eigenvalue weighted by atomic mass is 79.9. The van der Waals surface area contributed by atoms with Crippen LogP contribution in [0.1, 0.15) is 21.5 Å². The Balaban J connectivity index is 2.25. The van der Waals surface area contributed by atoms with E-state index in [4.69, 9.17) is 5.11 Å². The number of halogens is 1. The first kappa shape index (κ1) is 15.3. The van der Waals surface area contributed by atoms with Crippen LogP contribution in [0.5, 0.6) is 0 Å². The lowest BCUT2D eigenvalue weighted by Crippen LogP contribution is -2.15. The molecule has 2 aromatic rings. The van der Waals surface area contributed by atoms with E-state index in [2.05, 4.69) is 21.2 Å². The summed E-state index contributed by atoms with van der Waals surface area (Å²) < 4.78 is 0.704. The van der Waals surface area contributed by atoms with Crippen LogP contribution in [-0.2, 0) is 11.2 Å². The number of carboxylic acids is 1. The molecule has 1 amide bonds. The summed E-state index contributed by atoms with van der Waals surface area (Å²) in [6, 6.07) is 12.3. The van der Waals surface area contributed by atoms with Gasteiger partial charge in [0.15, 0.2) is 0 Å². The van der Waals surface area contributed by atoms with Crippen LogP contribution in [0, 0.1) is 6.92 Å². The molecule has 0 aliphatic carbocycles. The van der Waals surface area contributed by atoms with Crippen molar-refractivity contribution in [3.05, 3.63) is 63.6 Å². The third kappa shape index (κ3) is 3.92. The van der Waals surface area contributed by atoms with Gasteiger partial charge in [-0.3, -0.25) is 9.59 Å². The molecule has 0 saturated heterocycles. The second kappa shape index (κ2) is 6.54. The minimum absolute atomic E-state index is 0.133. The molecule has 2 aromatic carbocycles. The normalized spacial score (nSPS) is 10.2. The Bertz CT molecular complexity index is 698. The van der Waals surface area contributed by atoms with Gasteiger partial charge < -0.3 is 10.4 Å². The molecule has 21 heavy (non-hydrogen) atoms. The van der Waals surface area contributed by atoms with Gasteiger partial charge in [-0.2, -0.15) is 0 Å². The second-order valence-corrected chi connectivity index (χ2v) is 5.52. The zero-order valence-corrected chi connectivity index (χ0v) is 13.0. The van der Waals surface area contributed by atoms with Crippen LogP contribution < -0.4 is 5.32 Å². The van der Waals surface area contributed by atoms with Gasteiger partial charge in [-0.05, 0) is 52.2 Å². The van der Waals surface area contributed by atoms with E-state index in [1.807, 2.05) is 19.1 Å². The maximum Gasteiger partial charge on any atom is 0.307 e. The van der Waals surface area contributed by atoms with E-state index in [1.54, 1.807) is 30.3 Å². The molecule has 0 unspecified atom stereocenters. The standard InChI is InChI=1S/C16H14BrNO3/c1-10-6-7-12(13(17)8-10)16(21)18-14-5-3-2-4-11(14)9-15(19)20/h2-8H,9H2,1H3,(H,18,21)(H,19,20). The Morgan fingerprint density at radius 2 is 1.90 bits per heavy atom. The van der Waals surface area contributed by atoms with E-state index in [0.29, 0.717) is 21.3 Å². The number of carbonyl (C=O) groups excluding carboxylic acids is 1. The van der Waals surface area contributed by atoms with Gasteiger partial charge in [-0.15, -0.1) is 0 Å². The molecular weight excluding hydrogens is 334 g/mol. The summed E-state index contributed by atoms with van der Waals surface area (Å²) in [4.78, 5) is 23.1. The highest BCUT2D eigenvalue weighted by Crippen LogP contribution is 2.21. The Labute approximate surface area is 130 Å². The number of amides is 1. The van der Waals surface area contributed by atoms with Crippen molar-refractivity contribution in [2.45, 2.75) is 13.3 Å². The summed E-state index contributed by atoms with van der Waals surface area (Å²) in [7, 11) is 0. The van der Waals surface area contributed by atoms with Crippen LogP contribution >= 0.6 is 15.9 Å². The first-order valence-corrected chi connectivity index (χ1v) is 7.14. The maximum absolute atomic E-state index is 12.3. The number of anilines is 1. The van der Waals surface area contributed by atoms with Gasteiger partial charge in [0.25, 0.3) is 5.91 Å². The number of hydrogen-bond donors (Lipinski definition) is 2. The summed E-state index contributed by atoms with van der Waals surface area (Å²) in [6.07, 6.45) is -0.133. The molecule has 2 rings (SSSR count). The number of aryl methyl sites for hydroxylation is 1. The summed E-state index contributed by atoms with van der Waals surface area (Å²) >= 11 is 3.36. The van der Waals surface area contributed by atoms with E-state index in [9.17, 15) is 9.59 Å². The predicted octanol–water partition coefficient (Wildman–Crippen LogP) is 3.64. The molecule has 0 bridgehead atoms. The van der Waals surface area contributed by atoms with E-state index < -0.39 is 5.97 Å². The molecular formula is C16H14BrNO3. The van der Waals surface area contributed by atoms with Gasteiger partial charge in [0.05, 0.1) is 12.0 Å². The third-order valence-corrected chi connectivity index (χ3v) is 3.63. The Morgan fingerprint density at radius 3 is 2.57 bits per heavy atom. The number of rotatable bonds is 4. The van der Waals surface area contributed by atoms with Gasteiger partial charge in [0.2, 0.25) is 0 Å². The minimum atomic E-state index is -0.937. The van der Waals surface area contributed by atoms with Gasteiger partial charge in [-0.25, -0.2) is 0 Å². The van der Waals surface area contributed by atoms with Crippen LogP contribution in [0.4, 0.5) is 5.69 Å². The fraction of sp³-hybridized carbons (Fsp3) is 0.125. The van der Waals surface area contributed by atoms with Crippen molar-refractivity contribution in [1.82, 2.24) is 0 Å². The van der Waals surface area contributed by atoms with E-state index in [-0.39, 0.29) is 12.3 Å². The number of carboxylic acid groups (broad SMARTS) is 1. The van der Waals surface area contributed by atoms with Gasteiger partial charge in [0, 0.05) is 10.2 Å². The average Bonchev–Trinajstić information content (AvgIpc) is 2.40. The summed E-state index contributed by atoms with van der Waals surface area (Å²) in [5.41, 5.74) is 2.63. The third-order valence-electron chi connectivity index (χ3n) is 2.98. The van der Waals surface area contributed by atoms with Crippen LogP contribution in [0.25, 0.3) is 0 Å². The number of carbonyl (C=O) groups is 2. The largest absolute Gasteiger partial charge is 0.481 e. The van der Waals surface area contributed by atoms with Crippen molar-refractivity contribution in [1.29, 1.82) is 0 Å². The molecule has 0 radical (unpaired) electrons. The minimum Gasteiger partial charge on any atom is -0.481 e. The summed E-state index contributed by atoms with van der Waals surface area (Å²) in [5, 5.41) is 11.7. The number of aliphatic carboxylic acids is 1. The number of nitrogens with one attached hydrogen (secondary N) is 1. The number of para-hydroxylation sites is 1. The lowest BCUT2D eigenvalue weighted by Gasteiger charge is -2.11. The van der Waals surface area contributed by atoms with Crippen LogP contribution in [0.3, 0.4) is 0 Å². The molecule has 0 atom stereocenters. The van der Waals surface area contributed by atoms with Gasteiger partial charge in [-0.1, -0.05) is 24.3 Å². The highest BCUT2D eigenvalue weighted by Gasteiger charge is 2.13. The van der Waals surface area contributed by atoms with Crippen molar-refractivity contribution in [2.75, 3.05) is 5.32 Å². The van der Waals surface area contributed by atoms with Crippen molar-refractivity contribution < 1.29 is 14.7 Å². The quantitative estimate of drug-likeness (QED) is 0.887. The monoisotopic (exact) mass is 347 g/mol. The highest BCUT2D eigenvalue weighted by molar-refractivity contribution is 9.10. The van der Waals surface area contributed by atoms with E-state index in [0.717, 1.165) is 5.56 Å². The van der Waals surface area contributed by atoms with E-state index in [1.165, 1.54) is 0 Å². The topological polar surface area (TPSA) is 66.4 Å². The predicted molar refractivity (Wildman–Crippen MR) is 84.6 cm³/mol. The summed E-state index contributed by atoms with van der Waals surface area (Å²) in [5.74, 6) is -1.21. The van der Waals surface area contributed by atoms with Crippen LogP contribution in [0.2, 0.25) is 0 Å². The molecule has 0 aliphatic rings. The fourth-order valence-electron chi connectivity index (χ4n) is 1.95. The Hall–Kier alpha value is -2.14. The number of hydrogen-bond acceptors (Lipinski definition) is 2.